The molecule has 1 spiro atoms. The Labute approximate surface area is 177 Å². The number of para-hydroxylation sites is 1. The van der Waals surface area contributed by atoms with Crippen LogP contribution in [0, 0.1) is 0 Å². The number of hydrogen-bond acceptors (Lipinski definition) is 6. The molecule has 158 valence electrons. The van der Waals surface area contributed by atoms with Gasteiger partial charge >= 0.3 is 6.09 Å². The second-order valence-corrected chi connectivity index (χ2v) is 8.18. The fourth-order valence-electron chi connectivity index (χ4n) is 5.23. The summed E-state index contributed by atoms with van der Waals surface area (Å²) in [6, 6.07) is 11.3. The molecule has 0 aliphatic carbocycles. The maximum atomic E-state index is 13.2. The van der Waals surface area contributed by atoms with Gasteiger partial charge in [-0.05, 0) is 23.8 Å². The highest BCUT2D eigenvalue weighted by atomic mass is 16.7. The van der Waals surface area contributed by atoms with Gasteiger partial charge in [-0.25, -0.2) is 4.79 Å². The summed E-state index contributed by atoms with van der Waals surface area (Å²) >= 11 is 0. The van der Waals surface area contributed by atoms with Crippen molar-refractivity contribution in [3.8, 4) is 11.5 Å². The molecule has 2 aromatic carbocycles. The smallest absolute Gasteiger partial charge is 0.412 e. The summed E-state index contributed by atoms with van der Waals surface area (Å²) in [7, 11) is 1.61. The highest BCUT2D eigenvalue weighted by Crippen LogP contribution is 2.57. The molecule has 9 heteroatoms. The first-order chi connectivity index (χ1) is 15.0. The Bertz CT molecular complexity index is 1150. The molecular formula is C22H19N3O6. The lowest BCUT2D eigenvalue weighted by Gasteiger charge is -2.42. The molecule has 0 bridgehead atoms. The molecule has 4 aliphatic heterocycles. The van der Waals surface area contributed by atoms with Crippen molar-refractivity contribution in [3.05, 3.63) is 53.6 Å². The Morgan fingerprint density at radius 3 is 2.74 bits per heavy atom. The van der Waals surface area contributed by atoms with Crippen molar-refractivity contribution < 1.29 is 28.6 Å². The first-order valence-electron chi connectivity index (χ1n) is 10.0. The quantitative estimate of drug-likeness (QED) is 0.756. The number of hydrogen-bond donors (Lipinski definition) is 1. The number of nitrogens with one attached hydrogen (secondary N) is 1. The van der Waals surface area contributed by atoms with Gasteiger partial charge in [0.05, 0.1) is 12.2 Å². The van der Waals surface area contributed by atoms with Gasteiger partial charge < -0.3 is 24.0 Å². The van der Waals surface area contributed by atoms with Crippen LogP contribution in [0.2, 0.25) is 0 Å². The third-order valence-corrected chi connectivity index (χ3v) is 6.48. The van der Waals surface area contributed by atoms with Crippen LogP contribution < -0.4 is 14.8 Å². The molecule has 2 aromatic rings. The maximum absolute atomic E-state index is 13.2. The molecule has 2 fully saturated rings. The van der Waals surface area contributed by atoms with Crippen LogP contribution in [0.1, 0.15) is 23.6 Å². The number of rotatable bonds is 1. The molecule has 2 unspecified atom stereocenters. The fourth-order valence-corrected chi connectivity index (χ4v) is 5.23. The van der Waals surface area contributed by atoms with Crippen molar-refractivity contribution in [3.63, 3.8) is 0 Å². The monoisotopic (exact) mass is 421 g/mol. The van der Waals surface area contributed by atoms with Crippen LogP contribution in [-0.4, -0.2) is 54.1 Å². The minimum Gasteiger partial charge on any atom is -0.454 e. The lowest BCUT2D eigenvalue weighted by Crippen LogP contribution is -2.56. The second-order valence-electron chi connectivity index (χ2n) is 8.18. The maximum Gasteiger partial charge on any atom is 0.412 e. The highest BCUT2D eigenvalue weighted by molar-refractivity contribution is 5.97. The van der Waals surface area contributed by atoms with Crippen LogP contribution >= 0.6 is 0 Å². The average Bonchev–Trinajstić information content (AvgIpc) is 3.34. The SMILES string of the molecule is CN1CC(=O)N2C(c3ccc4c(c3)OCO4)C3(C[C@@H]2C1=O)OC(=O)Nc1ccccc13. The van der Waals surface area contributed by atoms with E-state index in [-0.39, 0.29) is 31.6 Å². The lowest BCUT2D eigenvalue weighted by atomic mass is 9.80. The van der Waals surface area contributed by atoms with Crippen LogP contribution in [0.3, 0.4) is 0 Å². The average molecular weight is 421 g/mol. The van der Waals surface area contributed by atoms with E-state index in [0.29, 0.717) is 22.7 Å². The van der Waals surface area contributed by atoms with Crippen molar-refractivity contribution >= 4 is 23.6 Å². The number of nitrogens with zero attached hydrogens (tertiary/aromatic N) is 2. The fraction of sp³-hybridized carbons (Fsp3) is 0.318. The van der Waals surface area contributed by atoms with Gasteiger partial charge in [0.15, 0.2) is 17.1 Å². The van der Waals surface area contributed by atoms with E-state index in [1.807, 2.05) is 24.3 Å². The van der Waals surface area contributed by atoms with Crippen molar-refractivity contribution in [2.75, 3.05) is 25.7 Å². The molecule has 3 atom stereocenters. The standard InChI is InChI=1S/C22H19N3O6/c1-24-10-18(26)25-15(20(24)27)9-22(13-4-2-3-5-14(13)23-21(28)31-22)19(25)12-6-7-16-17(8-12)30-11-29-16/h2-8,15,19H,9-11H2,1H3,(H,23,28)/t15-,19?,22?/m1/s1. The summed E-state index contributed by atoms with van der Waals surface area (Å²) in [5.41, 5.74) is 0.836. The Morgan fingerprint density at radius 1 is 1.06 bits per heavy atom. The molecule has 0 saturated carbocycles. The molecule has 0 aromatic heterocycles. The van der Waals surface area contributed by atoms with Gasteiger partial charge in [-0.1, -0.05) is 24.3 Å². The number of benzene rings is 2. The van der Waals surface area contributed by atoms with Gasteiger partial charge in [0.1, 0.15) is 12.1 Å². The molecule has 6 rings (SSSR count). The number of ether oxygens (including phenoxy) is 3. The van der Waals surface area contributed by atoms with E-state index in [4.69, 9.17) is 14.2 Å². The van der Waals surface area contributed by atoms with Gasteiger partial charge in [-0.2, -0.15) is 0 Å². The van der Waals surface area contributed by atoms with E-state index >= 15 is 0 Å². The van der Waals surface area contributed by atoms with Crippen molar-refractivity contribution in [1.29, 1.82) is 0 Å². The number of likely N-dealkylation sites (N-methyl/N-ethyl adjacent to an activating group) is 1. The van der Waals surface area contributed by atoms with Gasteiger partial charge in [-0.15, -0.1) is 0 Å². The summed E-state index contributed by atoms with van der Waals surface area (Å²) in [4.78, 5) is 41.9. The zero-order valence-corrected chi connectivity index (χ0v) is 16.7. The van der Waals surface area contributed by atoms with Crippen molar-refractivity contribution in [2.45, 2.75) is 24.1 Å². The molecule has 9 nitrogen and oxygen atoms in total. The summed E-state index contributed by atoms with van der Waals surface area (Å²) in [5.74, 6) is 0.793. The molecule has 4 heterocycles. The molecule has 31 heavy (non-hydrogen) atoms. The Hall–Kier alpha value is -3.75. The summed E-state index contributed by atoms with van der Waals surface area (Å²) in [6.45, 7) is 0.0885. The number of carbonyl (C=O) groups excluding carboxylic acids is 3. The van der Waals surface area contributed by atoms with Crippen LogP contribution in [0.25, 0.3) is 0 Å². The predicted octanol–water partition coefficient (Wildman–Crippen LogP) is 1.99. The van der Waals surface area contributed by atoms with Gasteiger partial charge in [0.25, 0.3) is 0 Å². The Morgan fingerprint density at radius 2 is 1.87 bits per heavy atom. The van der Waals surface area contributed by atoms with Gasteiger partial charge in [-0.3, -0.25) is 14.9 Å². The molecule has 4 aliphatic rings. The number of carbonyl (C=O) groups is 3. The molecule has 3 amide bonds. The zero-order chi connectivity index (χ0) is 21.3. The molecular weight excluding hydrogens is 402 g/mol. The van der Waals surface area contributed by atoms with Crippen LogP contribution in [-0.2, 0) is 19.9 Å². The van der Waals surface area contributed by atoms with Crippen LogP contribution in [0.4, 0.5) is 10.5 Å². The van der Waals surface area contributed by atoms with E-state index in [1.54, 1.807) is 30.1 Å². The Kier molecular flexibility index (Phi) is 3.57. The minimum absolute atomic E-state index is 0.0275. The normalized spacial score (nSPS) is 28.4. The molecule has 0 radical (unpaired) electrons. The number of anilines is 1. The number of amides is 3. The minimum atomic E-state index is -1.21. The first-order valence-corrected chi connectivity index (χ1v) is 10.0. The third-order valence-electron chi connectivity index (χ3n) is 6.48. The topological polar surface area (TPSA) is 97.4 Å². The summed E-state index contributed by atoms with van der Waals surface area (Å²) in [6.07, 6.45) is -0.441. The van der Waals surface area contributed by atoms with Crippen molar-refractivity contribution in [1.82, 2.24) is 9.80 Å². The van der Waals surface area contributed by atoms with Crippen LogP contribution in [0.5, 0.6) is 11.5 Å². The van der Waals surface area contributed by atoms with E-state index in [0.717, 1.165) is 5.56 Å². The van der Waals surface area contributed by atoms with E-state index < -0.39 is 23.8 Å². The zero-order valence-electron chi connectivity index (χ0n) is 16.7. The first kappa shape index (κ1) is 18.1. The van der Waals surface area contributed by atoms with E-state index in [2.05, 4.69) is 5.32 Å². The number of fused-ring (bicyclic) bond motifs is 4. The molecule has 2 saturated heterocycles. The third kappa shape index (κ3) is 2.40. The largest absolute Gasteiger partial charge is 0.454 e. The van der Waals surface area contributed by atoms with Crippen LogP contribution in [0.15, 0.2) is 42.5 Å². The Balaban J connectivity index is 1.59. The second kappa shape index (κ2) is 6.13. The van der Waals surface area contributed by atoms with Crippen molar-refractivity contribution in [2.24, 2.45) is 0 Å². The summed E-state index contributed by atoms with van der Waals surface area (Å²) < 4.78 is 17.0. The van der Waals surface area contributed by atoms with Gasteiger partial charge in [0, 0.05) is 19.0 Å². The van der Waals surface area contributed by atoms with Gasteiger partial charge in [0.2, 0.25) is 18.6 Å². The summed E-state index contributed by atoms with van der Waals surface area (Å²) in [5, 5.41) is 2.73. The predicted molar refractivity (Wildman–Crippen MR) is 106 cm³/mol. The van der Waals surface area contributed by atoms with E-state index in [1.165, 1.54) is 4.90 Å². The highest BCUT2D eigenvalue weighted by Gasteiger charge is 2.63. The lowest BCUT2D eigenvalue weighted by molar-refractivity contribution is -0.154. The molecule has 1 N–H and O–H groups in total. The van der Waals surface area contributed by atoms with E-state index in [9.17, 15) is 14.4 Å². The number of piperazine rings is 1.